The number of nitrogens with zero attached hydrogens (tertiary/aromatic N) is 1. The van der Waals surface area contributed by atoms with Crippen LogP contribution in [0.3, 0.4) is 0 Å². The molecular weight excluding hydrogens is 510 g/mol. The van der Waals surface area contributed by atoms with Crippen molar-refractivity contribution in [2.75, 3.05) is 36.4 Å². The number of fused-ring (bicyclic) bond motifs is 2. The Bertz CT molecular complexity index is 1450. The summed E-state index contributed by atoms with van der Waals surface area (Å²) in [5.74, 6) is -0.838. The van der Waals surface area contributed by atoms with E-state index in [2.05, 4.69) is 12.4 Å². The first-order valence-corrected chi connectivity index (χ1v) is 14.7. The first-order valence-electron chi connectivity index (χ1n) is 12.4. The monoisotopic (exact) mass is 540 g/mol. The highest BCUT2D eigenvalue weighted by molar-refractivity contribution is 7.92. The maximum absolute atomic E-state index is 13.4. The molecule has 1 unspecified atom stereocenters. The fourth-order valence-electron chi connectivity index (χ4n) is 4.96. The quantitative estimate of drug-likeness (QED) is 0.469. The van der Waals surface area contributed by atoms with Crippen LogP contribution in [0.25, 0.3) is 0 Å². The number of para-hydroxylation sites is 1. The Balaban J connectivity index is 1.39. The summed E-state index contributed by atoms with van der Waals surface area (Å²) >= 11 is 1.41. The lowest BCUT2D eigenvalue weighted by Gasteiger charge is -2.30. The fourth-order valence-corrected chi connectivity index (χ4v) is 7.84. The van der Waals surface area contributed by atoms with Crippen LogP contribution in [-0.4, -0.2) is 47.0 Å². The number of thiophene rings is 1. The molecule has 194 valence electrons. The van der Waals surface area contributed by atoms with Crippen LogP contribution in [0.1, 0.15) is 50.1 Å². The molecule has 2 N–H and O–H groups in total. The third-order valence-electron chi connectivity index (χ3n) is 6.83. The molecule has 3 heterocycles. The van der Waals surface area contributed by atoms with Gasteiger partial charge in [-0.05, 0) is 61.2 Å². The lowest BCUT2D eigenvalue weighted by Crippen LogP contribution is -3.08. The Morgan fingerprint density at radius 1 is 1.11 bits per heavy atom. The van der Waals surface area contributed by atoms with Crippen molar-refractivity contribution in [3.8, 4) is 0 Å². The van der Waals surface area contributed by atoms with Crippen molar-refractivity contribution >= 4 is 43.9 Å². The predicted molar refractivity (Wildman–Crippen MR) is 143 cm³/mol. The van der Waals surface area contributed by atoms with E-state index in [1.54, 1.807) is 6.92 Å². The van der Waals surface area contributed by atoms with Crippen molar-refractivity contribution < 1.29 is 27.6 Å². The number of nitrogens with one attached hydrogen (secondary N) is 2. The van der Waals surface area contributed by atoms with Gasteiger partial charge in [0, 0.05) is 18.5 Å². The van der Waals surface area contributed by atoms with Crippen LogP contribution in [0.5, 0.6) is 0 Å². The number of esters is 1. The summed E-state index contributed by atoms with van der Waals surface area (Å²) in [7, 11) is -1.67. The summed E-state index contributed by atoms with van der Waals surface area (Å²) in [6.45, 7) is 4.11. The number of carbonyl (C=O) groups excluding carboxylic acids is 2. The Morgan fingerprint density at radius 3 is 2.62 bits per heavy atom. The van der Waals surface area contributed by atoms with Gasteiger partial charge >= 0.3 is 5.97 Å². The number of hydrogen-bond acceptors (Lipinski definition) is 6. The molecule has 37 heavy (non-hydrogen) atoms. The average Bonchev–Trinajstić information content (AvgIpc) is 3.25. The number of ether oxygens (including phenoxy) is 1. The van der Waals surface area contributed by atoms with E-state index in [0.29, 0.717) is 28.4 Å². The number of anilines is 2. The van der Waals surface area contributed by atoms with E-state index in [0.717, 1.165) is 48.4 Å². The van der Waals surface area contributed by atoms with Gasteiger partial charge in [0.25, 0.3) is 15.9 Å². The van der Waals surface area contributed by atoms with Crippen molar-refractivity contribution in [3.05, 3.63) is 75.7 Å². The van der Waals surface area contributed by atoms with E-state index in [4.69, 9.17) is 4.74 Å². The Hall–Kier alpha value is -3.21. The Kier molecular flexibility index (Phi) is 7.06. The number of amides is 1. The molecule has 2 aromatic carbocycles. The molecule has 2 aliphatic rings. The van der Waals surface area contributed by atoms with E-state index in [9.17, 15) is 18.0 Å². The number of hydrogen-bond donors (Lipinski definition) is 2. The normalized spacial score (nSPS) is 17.0. The standard InChI is InChI=1S/C27H29N3O5S2/c1-3-35-27(32)24-21-14-16-29(2)17-23(21)36-26(24)28-25(31)19-10-12-20(13-11-19)37(33,34)30-15-6-8-18-7-4-5-9-22(18)30/h4-5,7,9-13H,3,6,8,14-17H2,1-2H3,(H,28,31)/p+1. The highest BCUT2D eigenvalue weighted by Crippen LogP contribution is 2.36. The smallest absolute Gasteiger partial charge is 0.341 e. The average molecular weight is 541 g/mol. The predicted octanol–water partition coefficient (Wildman–Crippen LogP) is 2.89. The molecule has 0 saturated carbocycles. The summed E-state index contributed by atoms with van der Waals surface area (Å²) < 4.78 is 33.6. The maximum atomic E-state index is 13.4. The molecule has 0 aliphatic carbocycles. The van der Waals surface area contributed by atoms with Gasteiger partial charge in [0.15, 0.2) is 0 Å². The molecule has 1 aromatic heterocycles. The van der Waals surface area contributed by atoms with E-state index in [-0.39, 0.29) is 11.5 Å². The lowest BCUT2D eigenvalue weighted by atomic mass is 10.0. The second-order valence-corrected chi connectivity index (χ2v) is 12.3. The van der Waals surface area contributed by atoms with Crippen LogP contribution in [0.4, 0.5) is 10.7 Å². The minimum absolute atomic E-state index is 0.130. The van der Waals surface area contributed by atoms with Crippen molar-refractivity contribution in [1.82, 2.24) is 0 Å². The molecule has 0 spiro atoms. The number of likely N-dealkylation sites (N-methyl/N-ethyl adjacent to an activating group) is 1. The van der Waals surface area contributed by atoms with Crippen LogP contribution in [0.2, 0.25) is 0 Å². The number of benzene rings is 2. The van der Waals surface area contributed by atoms with Gasteiger partial charge in [-0.1, -0.05) is 18.2 Å². The van der Waals surface area contributed by atoms with Crippen LogP contribution in [0, 0.1) is 0 Å². The number of quaternary nitrogens is 1. The minimum atomic E-state index is -3.77. The maximum Gasteiger partial charge on any atom is 0.341 e. The number of aryl methyl sites for hydroxylation is 1. The van der Waals surface area contributed by atoms with Crippen LogP contribution in [-0.2, 0) is 34.1 Å². The third-order valence-corrected chi connectivity index (χ3v) is 9.81. The zero-order valence-corrected chi connectivity index (χ0v) is 22.5. The van der Waals surface area contributed by atoms with Crippen LogP contribution < -0.4 is 14.5 Å². The molecule has 0 bridgehead atoms. The molecule has 5 rings (SSSR count). The summed E-state index contributed by atoms with van der Waals surface area (Å²) in [5.41, 5.74) is 3.41. The second kappa shape index (κ2) is 10.3. The molecule has 1 amide bonds. The molecule has 3 aromatic rings. The molecular formula is C27H30N3O5S2+. The molecule has 2 aliphatic heterocycles. The molecule has 8 nitrogen and oxygen atoms in total. The van der Waals surface area contributed by atoms with Gasteiger partial charge in [-0.2, -0.15) is 0 Å². The summed E-state index contributed by atoms with van der Waals surface area (Å²) in [4.78, 5) is 28.4. The van der Waals surface area contributed by atoms with Crippen molar-refractivity contribution in [2.45, 2.75) is 37.6 Å². The van der Waals surface area contributed by atoms with Crippen LogP contribution in [0.15, 0.2) is 53.4 Å². The number of sulfonamides is 1. The number of rotatable bonds is 6. The lowest BCUT2D eigenvalue weighted by molar-refractivity contribution is -0.895. The summed E-state index contributed by atoms with van der Waals surface area (Å²) in [6.07, 6.45) is 2.34. The zero-order chi connectivity index (χ0) is 26.2. The highest BCUT2D eigenvalue weighted by Gasteiger charge is 2.31. The first-order chi connectivity index (χ1) is 17.8. The van der Waals surface area contributed by atoms with Crippen molar-refractivity contribution in [2.24, 2.45) is 0 Å². The van der Waals surface area contributed by atoms with Gasteiger partial charge in [0.1, 0.15) is 11.5 Å². The van der Waals surface area contributed by atoms with Gasteiger partial charge in [-0.3, -0.25) is 9.10 Å². The van der Waals surface area contributed by atoms with Crippen LogP contribution >= 0.6 is 11.3 Å². The fraction of sp³-hybridized carbons (Fsp3) is 0.333. The summed E-state index contributed by atoms with van der Waals surface area (Å²) in [5, 5.41) is 3.36. The SMILES string of the molecule is CCOC(=O)c1c(NC(=O)c2ccc(S(=O)(=O)N3CCCc4ccccc43)cc2)sc2c1CC[NH+](C)C2. The Morgan fingerprint density at radius 2 is 1.86 bits per heavy atom. The van der Waals surface area contributed by atoms with E-state index in [1.165, 1.54) is 44.8 Å². The summed E-state index contributed by atoms with van der Waals surface area (Å²) in [6, 6.07) is 13.5. The van der Waals surface area contributed by atoms with E-state index in [1.807, 2.05) is 24.3 Å². The van der Waals surface area contributed by atoms with Gasteiger partial charge < -0.3 is 15.0 Å². The zero-order valence-electron chi connectivity index (χ0n) is 20.9. The largest absolute Gasteiger partial charge is 0.462 e. The van der Waals surface area contributed by atoms with E-state index < -0.39 is 21.9 Å². The number of carbonyl (C=O) groups is 2. The van der Waals surface area contributed by atoms with Gasteiger partial charge in [-0.15, -0.1) is 11.3 Å². The third kappa shape index (κ3) is 4.88. The Labute approximate surface area is 220 Å². The second-order valence-electron chi connectivity index (χ2n) is 9.35. The molecule has 0 radical (unpaired) electrons. The molecule has 10 heteroatoms. The topological polar surface area (TPSA) is 97.2 Å². The molecule has 0 fully saturated rings. The van der Waals surface area contributed by atoms with Gasteiger partial charge in [0.2, 0.25) is 0 Å². The van der Waals surface area contributed by atoms with Crippen molar-refractivity contribution in [1.29, 1.82) is 0 Å². The molecule has 0 saturated heterocycles. The van der Waals surface area contributed by atoms with Gasteiger partial charge in [-0.25, -0.2) is 13.2 Å². The highest BCUT2D eigenvalue weighted by atomic mass is 32.2. The van der Waals surface area contributed by atoms with E-state index >= 15 is 0 Å². The molecule has 1 atom stereocenters. The minimum Gasteiger partial charge on any atom is -0.462 e. The van der Waals surface area contributed by atoms with Crippen molar-refractivity contribution in [3.63, 3.8) is 0 Å². The van der Waals surface area contributed by atoms with Gasteiger partial charge in [0.05, 0.1) is 41.2 Å². The first kappa shape index (κ1) is 25.4.